The van der Waals surface area contributed by atoms with Crippen molar-refractivity contribution in [3.8, 4) is 0 Å². The van der Waals surface area contributed by atoms with Crippen LogP contribution in [-0.2, 0) is 4.74 Å². The first-order chi connectivity index (χ1) is 6.81. The summed E-state index contributed by atoms with van der Waals surface area (Å²) < 4.78 is 6.75. The van der Waals surface area contributed by atoms with Crippen LogP contribution in [0.25, 0.3) is 0 Å². The van der Waals surface area contributed by atoms with E-state index in [9.17, 15) is 0 Å². The monoisotopic (exact) mass is 322 g/mol. The second-order valence-corrected chi connectivity index (χ2v) is 5.83. The molecule has 0 amide bonds. The van der Waals surface area contributed by atoms with Crippen LogP contribution in [0, 0.1) is 2.88 Å². The van der Waals surface area contributed by atoms with Gasteiger partial charge in [0.15, 0.2) is 0 Å². The van der Waals surface area contributed by atoms with Crippen molar-refractivity contribution in [2.24, 2.45) is 5.84 Å². The summed E-state index contributed by atoms with van der Waals surface area (Å²) in [6, 6.07) is 2.13. The lowest BCUT2D eigenvalue weighted by Crippen LogP contribution is -2.29. The third-order valence-corrected chi connectivity index (χ3v) is 3.91. The number of hydrogen-bond acceptors (Lipinski definition) is 4. The van der Waals surface area contributed by atoms with E-state index in [1.54, 1.807) is 11.3 Å². The van der Waals surface area contributed by atoms with Gasteiger partial charge in [-0.1, -0.05) is 0 Å². The number of ether oxygens (including phenoxy) is 1. The van der Waals surface area contributed by atoms with E-state index < -0.39 is 0 Å². The van der Waals surface area contributed by atoms with Crippen molar-refractivity contribution in [2.75, 3.05) is 6.61 Å². The average Bonchev–Trinajstić information content (AvgIpc) is 2.79. The van der Waals surface area contributed by atoms with Gasteiger partial charge in [-0.25, -0.2) is 5.43 Å². The van der Waals surface area contributed by atoms with Gasteiger partial charge in [-0.15, -0.1) is 11.3 Å². The molecule has 1 atom stereocenters. The van der Waals surface area contributed by atoms with E-state index in [1.807, 2.05) is 0 Å². The molecule has 14 heavy (non-hydrogen) atoms. The molecule has 1 aromatic heterocycles. The summed E-state index contributed by atoms with van der Waals surface area (Å²) in [7, 11) is 0. The minimum Gasteiger partial charge on any atom is -0.496 e. The zero-order valence-electron chi connectivity index (χ0n) is 7.50. The quantitative estimate of drug-likeness (QED) is 0.509. The number of nitrogens with one attached hydrogen (secondary N) is 1. The van der Waals surface area contributed by atoms with Gasteiger partial charge in [0, 0.05) is 6.42 Å². The van der Waals surface area contributed by atoms with Crippen LogP contribution < -0.4 is 11.3 Å². The predicted octanol–water partition coefficient (Wildman–Crippen LogP) is 2.16. The molecule has 0 bridgehead atoms. The molecule has 0 radical (unpaired) electrons. The zero-order chi connectivity index (χ0) is 9.97. The summed E-state index contributed by atoms with van der Waals surface area (Å²) in [5, 5.41) is 2.11. The number of rotatable bonds is 3. The molecule has 3 nitrogen and oxygen atoms in total. The molecule has 0 spiro atoms. The van der Waals surface area contributed by atoms with E-state index in [-0.39, 0.29) is 6.04 Å². The summed E-state index contributed by atoms with van der Waals surface area (Å²) in [4.78, 5) is 0. The Morgan fingerprint density at radius 1 is 1.64 bits per heavy atom. The van der Waals surface area contributed by atoms with Crippen molar-refractivity contribution in [1.29, 1.82) is 0 Å². The Balaban J connectivity index is 2.20. The van der Waals surface area contributed by atoms with Crippen molar-refractivity contribution < 1.29 is 4.74 Å². The highest BCUT2D eigenvalue weighted by Crippen LogP contribution is 2.29. The molecule has 76 valence electrons. The molecule has 0 aromatic carbocycles. The lowest BCUT2D eigenvalue weighted by atomic mass is 10.1. The highest BCUT2D eigenvalue weighted by atomic mass is 127. The van der Waals surface area contributed by atoms with E-state index in [0.717, 1.165) is 18.8 Å². The summed E-state index contributed by atoms with van der Waals surface area (Å²) >= 11 is 4.02. The lowest BCUT2D eigenvalue weighted by Gasteiger charge is -2.15. The van der Waals surface area contributed by atoms with Crippen molar-refractivity contribution >= 4 is 33.9 Å². The van der Waals surface area contributed by atoms with E-state index in [1.165, 1.54) is 8.45 Å². The highest BCUT2D eigenvalue weighted by Gasteiger charge is 2.20. The van der Waals surface area contributed by atoms with Crippen LogP contribution in [0.15, 0.2) is 23.3 Å². The van der Waals surface area contributed by atoms with Crippen LogP contribution in [0.1, 0.15) is 18.0 Å². The van der Waals surface area contributed by atoms with Crippen molar-refractivity contribution in [1.82, 2.24) is 5.43 Å². The number of nitrogens with two attached hydrogens (primary N) is 1. The summed E-state index contributed by atoms with van der Waals surface area (Å²) in [5.74, 6) is 6.47. The van der Waals surface area contributed by atoms with Gasteiger partial charge in [-0.2, -0.15) is 0 Å². The maximum Gasteiger partial charge on any atom is 0.115 e. The fraction of sp³-hybridized carbons (Fsp3) is 0.333. The van der Waals surface area contributed by atoms with Gasteiger partial charge in [-0.3, -0.25) is 5.84 Å². The largest absolute Gasteiger partial charge is 0.496 e. The van der Waals surface area contributed by atoms with Gasteiger partial charge in [0.05, 0.1) is 9.49 Å². The third-order valence-electron chi connectivity index (χ3n) is 2.10. The highest BCUT2D eigenvalue weighted by molar-refractivity contribution is 14.1. The van der Waals surface area contributed by atoms with Crippen LogP contribution in [0.4, 0.5) is 0 Å². The maximum atomic E-state index is 5.53. The number of hydrazine groups is 1. The van der Waals surface area contributed by atoms with Gasteiger partial charge in [-0.05, 0) is 45.7 Å². The summed E-state index contributed by atoms with van der Waals surface area (Å²) in [5.41, 5.74) is 3.96. The standard InChI is InChI=1S/C9H11IN2OS/c10-8-4-6(5-14-8)9(12-11)7-2-1-3-13-7/h2,4-5,9,12H,1,3,11H2. The summed E-state index contributed by atoms with van der Waals surface area (Å²) in [6.07, 6.45) is 3.07. The van der Waals surface area contributed by atoms with Crippen LogP contribution >= 0.6 is 33.9 Å². The molecule has 2 rings (SSSR count). The molecule has 1 aliphatic heterocycles. The van der Waals surface area contributed by atoms with Gasteiger partial charge in [0.25, 0.3) is 0 Å². The van der Waals surface area contributed by atoms with E-state index >= 15 is 0 Å². The molecule has 2 heterocycles. The Morgan fingerprint density at radius 3 is 3.00 bits per heavy atom. The van der Waals surface area contributed by atoms with Gasteiger partial charge < -0.3 is 4.74 Å². The van der Waals surface area contributed by atoms with Gasteiger partial charge in [0.2, 0.25) is 0 Å². The molecule has 3 N–H and O–H groups in total. The maximum absolute atomic E-state index is 5.53. The molecular weight excluding hydrogens is 311 g/mol. The third kappa shape index (κ3) is 2.10. The topological polar surface area (TPSA) is 47.3 Å². The predicted molar refractivity (Wildman–Crippen MR) is 65.8 cm³/mol. The van der Waals surface area contributed by atoms with Crippen LogP contribution in [-0.4, -0.2) is 6.61 Å². The van der Waals surface area contributed by atoms with E-state index in [2.05, 4.69) is 45.5 Å². The molecule has 0 fully saturated rings. The smallest absolute Gasteiger partial charge is 0.115 e. The fourth-order valence-corrected chi connectivity index (χ4v) is 2.85. The second-order valence-electron chi connectivity index (χ2n) is 3.03. The number of thiophene rings is 1. The SMILES string of the molecule is NNC(C1=CCCO1)c1csc(I)c1. The molecule has 1 aromatic rings. The molecule has 1 aliphatic rings. The minimum absolute atomic E-state index is 0.0114. The Kier molecular flexibility index (Phi) is 3.42. The van der Waals surface area contributed by atoms with Crippen LogP contribution in [0.2, 0.25) is 0 Å². The molecule has 1 unspecified atom stereocenters. The Morgan fingerprint density at radius 2 is 2.50 bits per heavy atom. The first-order valence-corrected chi connectivity index (χ1v) is 6.30. The Bertz CT molecular complexity index is 350. The van der Waals surface area contributed by atoms with Gasteiger partial charge in [0.1, 0.15) is 11.8 Å². The fourth-order valence-electron chi connectivity index (χ4n) is 1.46. The van der Waals surface area contributed by atoms with Crippen molar-refractivity contribution in [3.63, 3.8) is 0 Å². The van der Waals surface area contributed by atoms with Gasteiger partial charge >= 0.3 is 0 Å². The lowest BCUT2D eigenvalue weighted by molar-refractivity contribution is 0.216. The number of halogens is 1. The van der Waals surface area contributed by atoms with Crippen molar-refractivity contribution in [3.05, 3.63) is 31.7 Å². The Labute approximate surface area is 100 Å². The van der Waals surface area contributed by atoms with Crippen LogP contribution in [0.5, 0.6) is 0 Å². The summed E-state index contributed by atoms with van der Waals surface area (Å²) in [6.45, 7) is 0.773. The van der Waals surface area contributed by atoms with E-state index in [0.29, 0.717) is 0 Å². The molecule has 5 heteroatoms. The normalized spacial score (nSPS) is 17.7. The average molecular weight is 322 g/mol. The zero-order valence-corrected chi connectivity index (χ0v) is 10.5. The number of hydrogen-bond donors (Lipinski definition) is 2. The van der Waals surface area contributed by atoms with Crippen LogP contribution in [0.3, 0.4) is 0 Å². The minimum atomic E-state index is 0.0114. The molecule has 0 saturated carbocycles. The molecular formula is C9H11IN2OS. The Hall–Kier alpha value is -0.110. The molecule has 0 saturated heterocycles. The molecule has 0 aliphatic carbocycles. The first kappa shape index (κ1) is 10.4. The van der Waals surface area contributed by atoms with E-state index in [4.69, 9.17) is 10.6 Å². The second kappa shape index (κ2) is 4.61. The first-order valence-electron chi connectivity index (χ1n) is 4.34. The van der Waals surface area contributed by atoms with Crippen molar-refractivity contribution in [2.45, 2.75) is 12.5 Å².